The van der Waals surface area contributed by atoms with E-state index in [0.717, 1.165) is 17.4 Å². The van der Waals surface area contributed by atoms with Crippen LogP contribution in [0.1, 0.15) is 66.7 Å². The van der Waals surface area contributed by atoms with Crippen LogP contribution in [0, 0.1) is 6.92 Å². The highest BCUT2D eigenvalue weighted by Gasteiger charge is 2.34. The second kappa shape index (κ2) is 3.89. The molecule has 2 fully saturated rings. The Labute approximate surface area is 97.5 Å². The standard InChI is InChI=1S/C15H19O/c1-2-14(16)13-5-3-4-12(10-6-7-10)15(13)11-8-9-11/h3-5,10-11,14,16H,1-2,6-9H2. The highest BCUT2D eigenvalue weighted by Crippen LogP contribution is 2.51. The number of benzene rings is 1. The van der Waals surface area contributed by atoms with Gasteiger partial charge in [0.05, 0.1) is 6.10 Å². The van der Waals surface area contributed by atoms with E-state index in [1.165, 1.54) is 36.8 Å². The number of aliphatic hydroxyl groups is 1. The molecule has 85 valence electrons. The minimum Gasteiger partial charge on any atom is -0.388 e. The Morgan fingerprint density at radius 1 is 1.19 bits per heavy atom. The van der Waals surface area contributed by atoms with E-state index in [0.29, 0.717) is 6.42 Å². The molecule has 0 saturated heterocycles. The lowest BCUT2D eigenvalue weighted by molar-refractivity contribution is 0.179. The minimum absolute atomic E-state index is 0.366. The van der Waals surface area contributed by atoms with Crippen LogP contribution in [0.5, 0.6) is 0 Å². The first-order chi connectivity index (χ1) is 7.81. The average molecular weight is 215 g/mol. The van der Waals surface area contributed by atoms with Crippen LogP contribution in [0.3, 0.4) is 0 Å². The summed E-state index contributed by atoms with van der Waals surface area (Å²) in [4.78, 5) is 0. The number of hydrogen-bond acceptors (Lipinski definition) is 1. The third kappa shape index (κ3) is 1.78. The summed E-state index contributed by atoms with van der Waals surface area (Å²) < 4.78 is 0. The van der Waals surface area contributed by atoms with E-state index in [1.807, 2.05) is 0 Å². The molecule has 16 heavy (non-hydrogen) atoms. The highest BCUT2D eigenvalue weighted by atomic mass is 16.3. The van der Waals surface area contributed by atoms with Crippen molar-refractivity contribution < 1.29 is 5.11 Å². The van der Waals surface area contributed by atoms with Gasteiger partial charge in [-0.2, -0.15) is 0 Å². The van der Waals surface area contributed by atoms with Crippen LogP contribution >= 0.6 is 0 Å². The maximum Gasteiger partial charge on any atom is 0.0792 e. The van der Waals surface area contributed by atoms with Crippen molar-refractivity contribution in [3.8, 4) is 0 Å². The van der Waals surface area contributed by atoms with E-state index in [4.69, 9.17) is 0 Å². The van der Waals surface area contributed by atoms with Gasteiger partial charge < -0.3 is 5.11 Å². The van der Waals surface area contributed by atoms with Gasteiger partial charge in [0.15, 0.2) is 0 Å². The molecule has 1 unspecified atom stereocenters. The molecule has 1 N–H and O–H groups in total. The van der Waals surface area contributed by atoms with Crippen LogP contribution in [0.15, 0.2) is 18.2 Å². The van der Waals surface area contributed by atoms with Gasteiger partial charge >= 0.3 is 0 Å². The van der Waals surface area contributed by atoms with E-state index >= 15 is 0 Å². The largest absolute Gasteiger partial charge is 0.388 e. The molecule has 1 heteroatoms. The first-order valence-electron chi connectivity index (χ1n) is 6.41. The summed E-state index contributed by atoms with van der Waals surface area (Å²) >= 11 is 0. The van der Waals surface area contributed by atoms with Crippen molar-refractivity contribution in [3.63, 3.8) is 0 Å². The summed E-state index contributed by atoms with van der Waals surface area (Å²) in [6, 6.07) is 6.47. The number of hydrogen-bond donors (Lipinski definition) is 1. The first kappa shape index (κ1) is 10.3. The van der Waals surface area contributed by atoms with E-state index in [1.54, 1.807) is 0 Å². The van der Waals surface area contributed by atoms with Crippen molar-refractivity contribution in [2.45, 2.75) is 50.0 Å². The monoisotopic (exact) mass is 215 g/mol. The lowest BCUT2D eigenvalue weighted by atomic mass is 9.91. The maximum absolute atomic E-state index is 10.1. The molecule has 0 aliphatic heterocycles. The van der Waals surface area contributed by atoms with Gasteiger partial charge in [-0.1, -0.05) is 25.1 Å². The SMILES string of the molecule is [CH2]CC(O)c1cccc(C2CC2)c1C1CC1. The molecule has 0 amide bonds. The molecule has 0 spiro atoms. The predicted molar refractivity (Wildman–Crippen MR) is 65.3 cm³/mol. The van der Waals surface area contributed by atoms with Gasteiger partial charge in [-0.15, -0.1) is 0 Å². The first-order valence-corrected chi connectivity index (χ1v) is 6.41. The highest BCUT2D eigenvalue weighted by molar-refractivity contribution is 5.45. The lowest BCUT2D eigenvalue weighted by Crippen LogP contribution is -2.03. The molecular formula is C15H19O. The topological polar surface area (TPSA) is 20.2 Å². The van der Waals surface area contributed by atoms with Crippen LogP contribution < -0.4 is 0 Å². The fraction of sp³-hybridized carbons (Fsp3) is 0.533. The van der Waals surface area contributed by atoms with Crippen molar-refractivity contribution in [3.05, 3.63) is 41.8 Å². The van der Waals surface area contributed by atoms with E-state index in [9.17, 15) is 5.11 Å². The summed E-state index contributed by atoms with van der Waals surface area (Å²) in [6.45, 7) is 3.82. The Morgan fingerprint density at radius 2 is 1.88 bits per heavy atom. The van der Waals surface area contributed by atoms with E-state index in [-0.39, 0.29) is 6.10 Å². The third-order valence-corrected chi connectivity index (χ3v) is 3.81. The Bertz CT molecular complexity index is 388. The molecule has 2 saturated carbocycles. The summed E-state index contributed by atoms with van der Waals surface area (Å²) in [5.74, 6) is 1.51. The van der Waals surface area contributed by atoms with Crippen molar-refractivity contribution in [2.75, 3.05) is 0 Å². The molecule has 2 aliphatic rings. The van der Waals surface area contributed by atoms with E-state index < -0.39 is 0 Å². The normalized spacial score (nSPS) is 22.1. The zero-order chi connectivity index (χ0) is 11.1. The zero-order valence-electron chi connectivity index (χ0n) is 9.65. The van der Waals surface area contributed by atoms with Crippen molar-refractivity contribution in [1.29, 1.82) is 0 Å². The molecule has 1 aromatic carbocycles. The molecule has 1 aromatic rings. The summed E-state index contributed by atoms with van der Waals surface area (Å²) in [5, 5.41) is 10.1. The maximum atomic E-state index is 10.1. The van der Waals surface area contributed by atoms with Gasteiger partial charge in [-0.25, -0.2) is 0 Å². The van der Waals surface area contributed by atoms with Gasteiger partial charge in [0, 0.05) is 0 Å². The molecule has 1 radical (unpaired) electrons. The van der Waals surface area contributed by atoms with Crippen LogP contribution in [0.4, 0.5) is 0 Å². The lowest BCUT2D eigenvalue weighted by Gasteiger charge is -2.17. The Kier molecular flexibility index (Phi) is 2.51. The van der Waals surface area contributed by atoms with Crippen LogP contribution in [-0.2, 0) is 0 Å². The van der Waals surface area contributed by atoms with Gasteiger partial charge in [0.25, 0.3) is 0 Å². The van der Waals surface area contributed by atoms with Crippen molar-refractivity contribution >= 4 is 0 Å². The van der Waals surface area contributed by atoms with Gasteiger partial charge in [-0.05, 0) is 60.6 Å². The van der Waals surface area contributed by atoms with E-state index in [2.05, 4.69) is 25.1 Å². The molecule has 3 rings (SSSR count). The summed E-state index contributed by atoms with van der Waals surface area (Å²) in [6.07, 6.45) is 5.50. The molecule has 1 atom stereocenters. The molecular weight excluding hydrogens is 196 g/mol. The second-order valence-corrected chi connectivity index (χ2v) is 5.20. The van der Waals surface area contributed by atoms with Crippen molar-refractivity contribution in [2.24, 2.45) is 0 Å². The Balaban J connectivity index is 2.04. The minimum atomic E-state index is -0.366. The Hall–Kier alpha value is -0.820. The fourth-order valence-corrected chi connectivity index (χ4v) is 2.64. The van der Waals surface area contributed by atoms with Gasteiger partial charge in [0.1, 0.15) is 0 Å². The average Bonchev–Trinajstić information content (AvgIpc) is 3.19. The van der Waals surface area contributed by atoms with Crippen LogP contribution in [0.25, 0.3) is 0 Å². The zero-order valence-corrected chi connectivity index (χ0v) is 9.65. The molecule has 2 aliphatic carbocycles. The molecule has 0 heterocycles. The van der Waals surface area contributed by atoms with Crippen LogP contribution in [0.2, 0.25) is 0 Å². The smallest absolute Gasteiger partial charge is 0.0792 e. The predicted octanol–water partition coefficient (Wildman–Crippen LogP) is 3.70. The fourth-order valence-electron chi connectivity index (χ4n) is 2.64. The quantitative estimate of drug-likeness (QED) is 0.812. The number of aliphatic hydroxyl groups excluding tert-OH is 1. The van der Waals surface area contributed by atoms with Crippen molar-refractivity contribution in [1.82, 2.24) is 0 Å². The molecule has 0 bridgehead atoms. The number of rotatable bonds is 4. The van der Waals surface area contributed by atoms with Crippen LogP contribution in [-0.4, -0.2) is 5.11 Å². The summed E-state index contributed by atoms with van der Waals surface area (Å²) in [7, 11) is 0. The third-order valence-electron chi connectivity index (χ3n) is 3.81. The van der Waals surface area contributed by atoms with Gasteiger partial charge in [0.2, 0.25) is 0 Å². The summed E-state index contributed by atoms with van der Waals surface area (Å²) in [5.41, 5.74) is 4.15. The molecule has 0 aromatic heterocycles. The Morgan fingerprint density at radius 3 is 2.44 bits per heavy atom. The second-order valence-electron chi connectivity index (χ2n) is 5.20. The molecule has 1 nitrogen and oxygen atoms in total. The van der Waals surface area contributed by atoms with Gasteiger partial charge in [-0.3, -0.25) is 0 Å².